The molecule has 0 spiro atoms. The molecule has 1 aliphatic rings. The van der Waals surface area contributed by atoms with Crippen molar-refractivity contribution >= 4 is 35.8 Å². The maximum atomic E-state index is 12.1. The zero-order valence-electron chi connectivity index (χ0n) is 17.7. The Bertz CT molecular complexity index is 1000. The zero-order valence-corrected chi connectivity index (χ0v) is 19.4. The van der Waals surface area contributed by atoms with E-state index < -0.39 is 4.08 Å². The largest absolute Gasteiger partial charge is 0.497 e. The summed E-state index contributed by atoms with van der Waals surface area (Å²) >= 11 is 3.29. The van der Waals surface area contributed by atoms with E-state index in [9.17, 15) is 9.90 Å². The van der Waals surface area contributed by atoms with Gasteiger partial charge >= 0.3 is 0 Å². The number of aliphatic hydroxyl groups is 1. The maximum Gasteiger partial charge on any atom is 0.214 e. The van der Waals surface area contributed by atoms with Gasteiger partial charge in [-0.3, -0.25) is 4.79 Å². The molecule has 1 aromatic carbocycles. The summed E-state index contributed by atoms with van der Waals surface area (Å²) in [7, 11) is 1.64. The van der Waals surface area contributed by atoms with Crippen LogP contribution in [0.25, 0.3) is 0 Å². The van der Waals surface area contributed by atoms with Gasteiger partial charge in [-0.1, -0.05) is 12.1 Å². The predicted molar refractivity (Wildman–Crippen MR) is 126 cm³/mol. The van der Waals surface area contributed by atoms with Crippen LogP contribution in [0.3, 0.4) is 0 Å². The molecule has 0 saturated carbocycles. The van der Waals surface area contributed by atoms with Gasteiger partial charge < -0.3 is 20.5 Å². The number of nitrogens with zero attached hydrogens (tertiary/aromatic N) is 3. The van der Waals surface area contributed by atoms with E-state index >= 15 is 0 Å². The quantitative estimate of drug-likeness (QED) is 0.547. The number of methoxy groups -OCH3 is 1. The number of nitrogen functional groups attached to an aromatic ring is 1. The molecule has 2 aromatic rings. The average molecular weight is 459 g/mol. The molecular formula is C22H26N4O3S2. The maximum absolute atomic E-state index is 12.1. The van der Waals surface area contributed by atoms with Crippen molar-refractivity contribution in [3.63, 3.8) is 0 Å². The second-order valence-corrected chi connectivity index (χ2v) is 9.45. The minimum atomic E-state index is -0.516. The highest BCUT2D eigenvalue weighted by molar-refractivity contribution is 8.23. The third kappa shape index (κ3) is 4.89. The molecule has 3 rings (SSSR count). The number of amides is 1. The number of nitrogens with two attached hydrogens (primary N) is 1. The Balaban J connectivity index is 2.07. The van der Waals surface area contributed by atoms with Crippen molar-refractivity contribution in [1.82, 2.24) is 14.9 Å². The average Bonchev–Trinajstić information content (AvgIpc) is 3.27. The van der Waals surface area contributed by atoms with Crippen molar-refractivity contribution in [2.75, 3.05) is 19.5 Å². The summed E-state index contributed by atoms with van der Waals surface area (Å²) in [6.45, 7) is 3.86. The zero-order chi connectivity index (χ0) is 22.4. The summed E-state index contributed by atoms with van der Waals surface area (Å²) < 4.78 is 4.92. The van der Waals surface area contributed by atoms with E-state index in [1.807, 2.05) is 42.0 Å². The number of aliphatic hydroxyl groups excluding tert-OH is 1. The number of rotatable bonds is 9. The van der Waals surface area contributed by atoms with Gasteiger partial charge in [0.2, 0.25) is 6.41 Å². The Morgan fingerprint density at radius 3 is 2.71 bits per heavy atom. The van der Waals surface area contributed by atoms with Gasteiger partial charge in [0, 0.05) is 24.1 Å². The van der Waals surface area contributed by atoms with Crippen molar-refractivity contribution in [3.05, 3.63) is 69.5 Å². The number of ether oxygens (including phenoxy) is 1. The molecular weight excluding hydrogens is 432 g/mol. The third-order valence-corrected chi connectivity index (χ3v) is 8.01. The van der Waals surface area contributed by atoms with Gasteiger partial charge in [0.05, 0.1) is 13.7 Å². The summed E-state index contributed by atoms with van der Waals surface area (Å²) in [5.74, 6) is 1.68. The fourth-order valence-corrected chi connectivity index (χ4v) is 6.17. The summed E-state index contributed by atoms with van der Waals surface area (Å²) in [5, 5.41) is 13.9. The molecule has 0 bridgehead atoms. The van der Waals surface area contributed by atoms with Gasteiger partial charge in [0.25, 0.3) is 0 Å². The van der Waals surface area contributed by atoms with Crippen LogP contribution in [-0.2, 0) is 15.4 Å². The van der Waals surface area contributed by atoms with Crippen LogP contribution in [0.4, 0.5) is 5.82 Å². The Morgan fingerprint density at radius 2 is 2.10 bits per heavy atom. The number of hydrogen-bond donors (Lipinski definition) is 2. The van der Waals surface area contributed by atoms with E-state index in [-0.39, 0.29) is 13.2 Å². The molecule has 9 heteroatoms. The molecule has 0 radical (unpaired) electrons. The Labute approximate surface area is 190 Å². The first kappa shape index (κ1) is 23.2. The van der Waals surface area contributed by atoms with Gasteiger partial charge in [-0.2, -0.15) is 0 Å². The lowest BCUT2D eigenvalue weighted by atomic mass is 9.98. The Hall–Kier alpha value is -2.49. The van der Waals surface area contributed by atoms with Crippen LogP contribution < -0.4 is 10.5 Å². The first-order valence-corrected chi connectivity index (χ1v) is 11.5. The van der Waals surface area contributed by atoms with E-state index in [0.29, 0.717) is 23.6 Å². The normalized spacial score (nSPS) is 15.5. The topological polar surface area (TPSA) is 102 Å². The fraction of sp³-hybridized carbons (Fsp3) is 0.318. The summed E-state index contributed by atoms with van der Waals surface area (Å²) in [5.41, 5.74) is 9.45. The highest BCUT2D eigenvalue weighted by atomic mass is 32.2. The smallest absolute Gasteiger partial charge is 0.214 e. The molecule has 1 amide bonds. The van der Waals surface area contributed by atoms with Crippen molar-refractivity contribution in [2.24, 2.45) is 0 Å². The molecule has 31 heavy (non-hydrogen) atoms. The summed E-state index contributed by atoms with van der Waals surface area (Å²) in [6, 6.07) is 7.88. The number of benzene rings is 1. The van der Waals surface area contributed by atoms with Gasteiger partial charge in [-0.05, 0) is 54.4 Å². The summed E-state index contributed by atoms with van der Waals surface area (Å²) in [4.78, 5) is 22.1. The number of carbonyl (C=O) groups excluding carboxylic acids is 1. The number of aryl methyl sites for hydroxylation is 1. The van der Waals surface area contributed by atoms with Crippen molar-refractivity contribution in [1.29, 1.82) is 0 Å². The number of carbonyl (C=O) groups is 1. The predicted octanol–water partition coefficient (Wildman–Crippen LogP) is 3.79. The lowest BCUT2D eigenvalue weighted by Gasteiger charge is -2.34. The lowest BCUT2D eigenvalue weighted by molar-refractivity contribution is -0.117. The van der Waals surface area contributed by atoms with E-state index in [1.54, 1.807) is 48.7 Å². The molecule has 1 aliphatic heterocycles. The minimum absolute atomic E-state index is 0.0397. The number of anilines is 1. The SMILES string of the molecule is COc1cccc(C2(/C(CCO)=C(/C)N(C=O)Cc3cnc(C)nc3N)SC=CS2)c1. The first-order valence-electron chi connectivity index (χ1n) is 9.71. The van der Waals surface area contributed by atoms with Crippen LogP contribution in [0.5, 0.6) is 5.75 Å². The molecule has 164 valence electrons. The number of hydrogen-bond acceptors (Lipinski definition) is 8. The number of allylic oxidation sites excluding steroid dienone is 1. The van der Waals surface area contributed by atoms with E-state index in [1.165, 1.54) is 0 Å². The van der Waals surface area contributed by atoms with Crippen LogP contribution in [0.2, 0.25) is 0 Å². The summed E-state index contributed by atoms with van der Waals surface area (Å²) in [6.07, 6.45) is 2.84. The number of thioether (sulfide) groups is 2. The van der Waals surface area contributed by atoms with Crippen LogP contribution in [0.15, 0.2) is 52.5 Å². The molecule has 0 atom stereocenters. The molecule has 0 saturated heterocycles. The van der Waals surface area contributed by atoms with Gasteiger partial charge in [0.1, 0.15) is 21.5 Å². The molecule has 0 fully saturated rings. The first-order chi connectivity index (χ1) is 14.9. The molecule has 2 heterocycles. The van der Waals surface area contributed by atoms with Crippen LogP contribution in [-0.4, -0.2) is 40.1 Å². The number of aromatic nitrogens is 2. The van der Waals surface area contributed by atoms with Crippen LogP contribution >= 0.6 is 23.5 Å². The van der Waals surface area contributed by atoms with Gasteiger partial charge in [-0.25, -0.2) is 9.97 Å². The Morgan fingerprint density at radius 1 is 1.35 bits per heavy atom. The van der Waals surface area contributed by atoms with E-state index in [0.717, 1.165) is 29.0 Å². The second-order valence-electron chi connectivity index (χ2n) is 6.95. The van der Waals surface area contributed by atoms with Crippen molar-refractivity contribution in [3.8, 4) is 5.75 Å². The third-order valence-electron chi connectivity index (χ3n) is 5.09. The highest BCUT2D eigenvalue weighted by Crippen LogP contribution is 2.59. The van der Waals surface area contributed by atoms with Crippen molar-refractivity contribution in [2.45, 2.75) is 30.9 Å². The van der Waals surface area contributed by atoms with Crippen molar-refractivity contribution < 1.29 is 14.6 Å². The molecule has 3 N–H and O–H groups in total. The monoisotopic (exact) mass is 458 g/mol. The fourth-order valence-electron chi connectivity index (χ4n) is 3.48. The lowest BCUT2D eigenvalue weighted by Crippen LogP contribution is -2.28. The molecule has 0 unspecified atom stereocenters. The standard InChI is InChI=1S/C22H26N4O3S2/c1-15(26(14-28)13-17-12-24-16(2)25-21(17)23)20(7-8-27)22(30-9-10-31-22)18-5-4-6-19(11-18)29-3/h4-6,9-12,14,27H,7-8,13H2,1-3H3,(H2,23,24,25)/b20-15-. The Kier molecular flexibility index (Phi) is 7.64. The highest BCUT2D eigenvalue weighted by Gasteiger charge is 2.41. The van der Waals surface area contributed by atoms with Crippen LogP contribution in [0, 0.1) is 6.92 Å². The molecule has 7 nitrogen and oxygen atoms in total. The molecule has 1 aromatic heterocycles. The van der Waals surface area contributed by atoms with E-state index in [2.05, 4.69) is 9.97 Å². The molecule has 0 aliphatic carbocycles. The van der Waals surface area contributed by atoms with Gasteiger partial charge in [-0.15, -0.1) is 23.5 Å². The van der Waals surface area contributed by atoms with E-state index in [4.69, 9.17) is 10.5 Å². The van der Waals surface area contributed by atoms with Crippen LogP contribution in [0.1, 0.15) is 30.3 Å². The minimum Gasteiger partial charge on any atom is -0.497 e. The second kappa shape index (κ2) is 10.2. The van der Waals surface area contributed by atoms with Gasteiger partial charge in [0.15, 0.2) is 0 Å².